The van der Waals surface area contributed by atoms with Gasteiger partial charge in [-0.05, 0) is 32.0 Å². The van der Waals surface area contributed by atoms with Crippen molar-refractivity contribution >= 4 is 16.6 Å². The number of hydrogen-bond donors (Lipinski definition) is 1. The summed E-state index contributed by atoms with van der Waals surface area (Å²) in [5.74, 6) is 2.74. The number of fused-ring (bicyclic) bond motifs is 1. The minimum Gasteiger partial charge on any atom is -0.360 e. The van der Waals surface area contributed by atoms with Crippen LogP contribution in [0.5, 0.6) is 0 Å². The van der Waals surface area contributed by atoms with Gasteiger partial charge >= 0.3 is 0 Å². The second-order valence-corrected chi connectivity index (χ2v) is 5.04. The summed E-state index contributed by atoms with van der Waals surface area (Å²) in [6.45, 7) is 7.59. The number of benzene rings is 1. The van der Waals surface area contributed by atoms with E-state index in [1.165, 1.54) is 5.69 Å². The molecule has 1 N–H and O–H groups in total. The van der Waals surface area contributed by atoms with Gasteiger partial charge in [-0.15, -0.1) is 6.42 Å². The number of terminal acetylenes is 1. The topological polar surface area (TPSA) is 28.2 Å². The van der Waals surface area contributed by atoms with Crippen LogP contribution in [0.1, 0.15) is 26.0 Å². The highest BCUT2D eigenvalue weighted by atomic mass is 15.1. The highest BCUT2D eigenvalue weighted by molar-refractivity contribution is 5.92. The number of nitrogens with one attached hydrogen (secondary N) is 1. The molecule has 2 rings (SSSR count). The van der Waals surface area contributed by atoms with Crippen LogP contribution in [0.2, 0.25) is 0 Å². The van der Waals surface area contributed by atoms with Crippen LogP contribution >= 0.6 is 0 Å². The van der Waals surface area contributed by atoms with Gasteiger partial charge in [0.25, 0.3) is 0 Å². The Bertz CT molecular complexity index is 628. The average molecular weight is 281 g/mol. The molecule has 2 aromatic rings. The van der Waals surface area contributed by atoms with E-state index in [2.05, 4.69) is 48.2 Å². The number of anilines is 1. The summed E-state index contributed by atoms with van der Waals surface area (Å²) in [4.78, 5) is 6.96. The fraction of sp³-hybridized carbons (Fsp3) is 0.389. The molecule has 0 aliphatic carbocycles. The summed E-state index contributed by atoms with van der Waals surface area (Å²) in [5.41, 5.74) is 3.26. The largest absolute Gasteiger partial charge is 0.360 e. The summed E-state index contributed by atoms with van der Waals surface area (Å²) in [6.07, 6.45) is 6.63. The molecule has 0 unspecified atom stereocenters. The Kier molecular flexibility index (Phi) is 5.59. The van der Waals surface area contributed by atoms with Crippen molar-refractivity contribution in [2.75, 3.05) is 24.5 Å². The maximum atomic E-state index is 5.50. The quantitative estimate of drug-likeness (QED) is 0.624. The van der Waals surface area contributed by atoms with Gasteiger partial charge in [-0.1, -0.05) is 31.0 Å². The average Bonchev–Trinajstić information content (AvgIpc) is 2.52. The Hall–Kier alpha value is -2.05. The van der Waals surface area contributed by atoms with Crippen molar-refractivity contribution in [2.24, 2.45) is 0 Å². The number of nitrogens with zero attached hydrogens (tertiary/aromatic N) is 2. The fourth-order valence-electron chi connectivity index (χ4n) is 2.43. The minimum atomic E-state index is 0.617. The monoisotopic (exact) mass is 281 g/mol. The van der Waals surface area contributed by atoms with Gasteiger partial charge < -0.3 is 10.2 Å². The second kappa shape index (κ2) is 7.66. The van der Waals surface area contributed by atoms with E-state index in [9.17, 15) is 0 Å². The normalized spacial score (nSPS) is 10.5. The van der Waals surface area contributed by atoms with Gasteiger partial charge in [-0.25, -0.2) is 0 Å². The van der Waals surface area contributed by atoms with Crippen molar-refractivity contribution in [3.05, 3.63) is 36.0 Å². The summed E-state index contributed by atoms with van der Waals surface area (Å²) in [7, 11) is 0. The third-order valence-electron chi connectivity index (χ3n) is 3.48. The lowest BCUT2D eigenvalue weighted by Gasteiger charge is -2.23. The molecule has 1 heterocycles. The van der Waals surface area contributed by atoms with Crippen LogP contribution in [0.15, 0.2) is 30.3 Å². The predicted octanol–water partition coefficient (Wildman–Crippen LogP) is 3.19. The lowest BCUT2D eigenvalue weighted by Crippen LogP contribution is -2.24. The zero-order chi connectivity index (χ0) is 15.1. The van der Waals surface area contributed by atoms with E-state index in [4.69, 9.17) is 11.4 Å². The molecular formula is C18H23N3. The molecule has 3 heteroatoms. The molecule has 0 radical (unpaired) electrons. The van der Waals surface area contributed by atoms with Crippen molar-refractivity contribution in [1.29, 1.82) is 0 Å². The van der Waals surface area contributed by atoms with Crippen molar-refractivity contribution in [3.63, 3.8) is 0 Å². The van der Waals surface area contributed by atoms with Gasteiger partial charge in [0.1, 0.15) is 0 Å². The SMILES string of the molecule is C#CCN(CC)c1cc(CNCCC)nc2ccccc12. The molecule has 1 aromatic heterocycles. The Balaban J connectivity index is 2.42. The maximum Gasteiger partial charge on any atom is 0.0791 e. The first-order valence-corrected chi connectivity index (χ1v) is 7.58. The second-order valence-electron chi connectivity index (χ2n) is 5.04. The van der Waals surface area contributed by atoms with Gasteiger partial charge in [-0.2, -0.15) is 0 Å². The Morgan fingerprint density at radius 2 is 2.10 bits per heavy atom. The van der Waals surface area contributed by atoms with Crippen molar-refractivity contribution in [3.8, 4) is 12.3 Å². The van der Waals surface area contributed by atoms with E-state index in [0.717, 1.165) is 42.7 Å². The minimum absolute atomic E-state index is 0.617. The lowest BCUT2D eigenvalue weighted by atomic mass is 10.1. The molecule has 0 bridgehead atoms. The van der Waals surface area contributed by atoms with Crippen LogP contribution in [0.25, 0.3) is 10.9 Å². The van der Waals surface area contributed by atoms with E-state index in [1.807, 2.05) is 12.1 Å². The molecule has 1 aromatic carbocycles. The van der Waals surface area contributed by atoms with Gasteiger partial charge in [0, 0.05) is 24.2 Å². The standard InChI is InChI=1S/C18H23N3/c1-4-11-19-14-15-13-18(21(6-3)12-5-2)16-9-7-8-10-17(16)20-15/h2,7-10,13,19H,4,6,11-12,14H2,1,3H3. The van der Waals surface area contributed by atoms with Crippen LogP contribution in [-0.2, 0) is 6.54 Å². The smallest absolute Gasteiger partial charge is 0.0791 e. The van der Waals surface area contributed by atoms with E-state index < -0.39 is 0 Å². The Morgan fingerprint density at radius 1 is 1.29 bits per heavy atom. The summed E-state index contributed by atoms with van der Waals surface area (Å²) in [6, 6.07) is 10.4. The Morgan fingerprint density at radius 3 is 2.81 bits per heavy atom. The molecule has 0 amide bonds. The van der Waals surface area contributed by atoms with Gasteiger partial charge in [0.05, 0.1) is 17.8 Å². The molecule has 0 aliphatic rings. The van der Waals surface area contributed by atoms with Crippen LogP contribution in [0, 0.1) is 12.3 Å². The van der Waals surface area contributed by atoms with Crippen LogP contribution < -0.4 is 10.2 Å². The van der Waals surface area contributed by atoms with Crippen molar-refractivity contribution in [1.82, 2.24) is 10.3 Å². The summed E-state index contributed by atoms with van der Waals surface area (Å²) in [5, 5.41) is 4.57. The highest BCUT2D eigenvalue weighted by Gasteiger charge is 2.10. The molecule has 21 heavy (non-hydrogen) atoms. The van der Waals surface area contributed by atoms with Gasteiger partial charge in [0.2, 0.25) is 0 Å². The first kappa shape index (κ1) is 15.3. The number of hydrogen-bond acceptors (Lipinski definition) is 3. The molecule has 3 nitrogen and oxygen atoms in total. The highest BCUT2D eigenvalue weighted by Crippen LogP contribution is 2.26. The molecule has 0 saturated carbocycles. The number of rotatable bonds is 7. The number of aromatic nitrogens is 1. The Labute approximate surface area is 127 Å². The molecular weight excluding hydrogens is 258 g/mol. The third-order valence-corrected chi connectivity index (χ3v) is 3.48. The summed E-state index contributed by atoms with van der Waals surface area (Å²) >= 11 is 0. The first-order chi connectivity index (χ1) is 10.3. The predicted molar refractivity (Wildman–Crippen MR) is 90.5 cm³/mol. The zero-order valence-electron chi connectivity index (χ0n) is 12.9. The molecule has 110 valence electrons. The molecule has 0 atom stereocenters. The zero-order valence-corrected chi connectivity index (χ0v) is 12.9. The molecule has 0 saturated heterocycles. The van der Waals surface area contributed by atoms with Crippen molar-refractivity contribution in [2.45, 2.75) is 26.8 Å². The third kappa shape index (κ3) is 3.74. The van der Waals surface area contributed by atoms with Gasteiger partial charge in [0.15, 0.2) is 0 Å². The summed E-state index contributed by atoms with van der Waals surface area (Å²) < 4.78 is 0. The number of para-hydroxylation sites is 1. The van der Waals surface area contributed by atoms with E-state index in [-0.39, 0.29) is 0 Å². The van der Waals surface area contributed by atoms with E-state index in [0.29, 0.717) is 6.54 Å². The molecule has 0 spiro atoms. The van der Waals surface area contributed by atoms with E-state index in [1.54, 1.807) is 0 Å². The van der Waals surface area contributed by atoms with Crippen LogP contribution in [-0.4, -0.2) is 24.6 Å². The number of pyridine rings is 1. The van der Waals surface area contributed by atoms with Crippen LogP contribution in [0.4, 0.5) is 5.69 Å². The molecule has 0 fully saturated rings. The first-order valence-electron chi connectivity index (χ1n) is 7.58. The fourth-order valence-corrected chi connectivity index (χ4v) is 2.43. The molecule has 0 aliphatic heterocycles. The van der Waals surface area contributed by atoms with E-state index >= 15 is 0 Å². The van der Waals surface area contributed by atoms with Gasteiger partial charge in [-0.3, -0.25) is 4.98 Å². The lowest BCUT2D eigenvalue weighted by molar-refractivity contribution is 0.666. The van der Waals surface area contributed by atoms with Crippen LogP contribution in [0.3, 0.4) is 0 Å². The maximum absolute atomic E-state index is 5.50. The van der Waals surface area contributed by atoms with Crippen molar-refractivity contribution < 1.29 is 0 Å².